The van der Waals surface area contributed by atoms with E-state index < -0.39 is 0 Å². The zero-order chi connectivity index (χ0) is 10.6. The smallest absolute Gasteiger partial charge is 0.146 e. The van der Waals surface area contributed by atoms with Crippen LogP contribution in [0.15, 0.2) is 23.7 Å². The Morgan fingerprint density at radius 3 is 2.36 bits per heavy atom. The van der Waals surface area contributed by atoms with Gasteiger partial charge >= 0.3 is 0 Å². The van der Waals surface area contributed by atoms with E-state index in [-0.39, 0.29) is 5.54 Å². The Morgan fingerprint density at radius 1 is 1.36 bits per heavy atom. The highest BCUT2D eigenvalue weighted by Gasteiger charge is 2.10. The Balaban J connectivity index is 3.00. The Hall–Kier alpha value is -1.49. The van der Waals surface area contributed by atoms with Crippen LogP contribution in [0.1, 0.15) is 26.3 Å². The van der Waals surface area contributed by atoms with Gasteiger partial charge in [-0.3, -0.25) is 4.99 Å². The number of rotatable bonds is 1. The third-order valence-electron chi connectivity index (χ3n) is 1.42. The van der Waals surface area contributed by atoms with Gasteiger partial charge in [0.1, 0.15) is 12.2 Å². The molecule has 5 nitrogen and oxygen atoms in total. The average Bonchev–Trinajstić information content (AvgIpc) is 2.14. The van der Waals surface area contributed by atoms with Crippen molar-refractivity contribution in [1.29, 1.82) is 0 Å². The number of hydrogen-bond donors (Lipinski definition) is 2. The van der Waals surface area contributed by atoms with Gasteiger partial charge in [0.2, 0.25) is 0 Å². The normalized spacial score (nSPS) is 12.7. The van der Waals surface area contributed by atoms with E-state index in [1.807, 2.05) is 20.8 Å². The second-order valence-corrected chi connectivity index (χ2v) is 3.90. The van der Waals surface area contributed by atoms with Crippen molar-refractivity contribution in [2.45, 2.75) is 26.3 Å². The Labute approximate surface area is 83.5 Å². The maximum atomic E-state index is 5.38. The number of nitrogens with two attached hydrogens (primary N) is 1. The highest BCUT2D eigenvalue weighted by molar-refractivity contribution is 5.98. The Bertz CT molecular complexity index is 312. The van der Waals surface area contributed by atoms with Gasteiger partial charge in [0.25, 0.3) is 0 Å². The van der Waals surface area contributed by atoms with Crippen molar-refractivity contribution in [1.82, 2.24) is 15.4 Å². The number of hydrazine groups is 1. The Morgan fingerprint density at radius 2 is 1.93 bits per heavy atom. The minimum absolute atomic E-state index is 0.183. The summed E-state index contributed by atoms with van der Waals surface area (Å²) >= 11 is 0. The molecule has 0 bridgehead atoms. The molecule has 76 valence electrons. The summed E-state index contributed by atoms with van der Waals surface area (Å²) in [4.78, 5) is 12.2. The molecule has 1 aromatic heterocycles. The van der Waals surface area contributed by atoms with Crippen molar-refractivity contribution in [3.05, 3.63) is 24.3 Å². The molecule has 0 aliphatic rings. The largest absolute Gasteiger partial charge is 0.308 e. The van der Waals surface area contributed by atoms with Crippen molar-refractivity contribution in [3.8, 4) is 0 Å². The highest BCUT2D eigenvalue weighted by atomic mass is 15.3. The lowest BCUT2D eigenvalue weighted by molar-refractivity contribution is 0.580. The number of amidine groups is 1. The molecule has 0 spiro atoms. The fourth-order valence-electron chi connectivity index (χ4n) is 0.937. The molecular weight excluding hydrogens is 178 g/mol. The van der Waals surface area contributed by atoms with Gasteiger partial charge in [0.05, 0.1) is 11.1 Å². The second kappa shape index (κ2) is 4.15. The molecule has 3 N–H and O–H groups in total. The molecular formula is C9H15N5. The van der Waals surface area contributed by atoms with Crippen LogP contribution in [0.5, 0.6) is 0 Å². The third-order valence-corrected chi connectivity index (χ3v) is 1.42. The zero-order valence-electron chi connectivity index (χ0n) is 8.65. The summed E-state index contributed by atoms with van der Waals surface area (Å²) in [7, 11) is 0. The minimum Gasteiger partial charge on any atom is -0.308 e. The molecule has 0 aliphatic heterocycles. The van der Waals surface area contributed by atoms with Crippen molar-refractivity contribution in [2.24, 2.45) is 10.8 Å². The van der Waals surface area contributed by atoms with Gasteiger partial charge in [-0.1, -0.05) is 0 Å². The molecule has 0 unspecified atom stereocenters. The number of hydrogen-bond acceptors (Lipinski definition) is 4. The van der Waals surface area contributed by atoms with Gasteiger partial charge in [-0.2, -0.15) is 0 Å². The molecule has 14 heavy (non-hydrogen) atoms. The van der Waals surface area contributed by atoms with Crippen molar-refractivity contribution in [2.75, 3.05) is 0 Å². The quantitative estimate of drug-likeness (QED) is 0.294. The summed E-state index contributed by atoms with van der Waals surface area (Å²) < 4.78 is 0. The molecule has 1 aromatic rings. The SMILES string of the molecule is CC(C)(C)N=C(NN)c1cncnc1. The van der Waals surface area contributed by atoms with Crippen LogP contribution >= 0.6 is 0 Å². The number of nitrogens with zero attached hydrogens (tertiary/aromatic N) is 3. The van der Waals surface area contributed by atoms with Crippen LogP contribution in [-0.4, -0.2) is 21.3 Å². The molecule has 0 aliphatic carbocycles. The molecule has 0 atom stereocenters. The lowest BCUT2D eigenvalue weighted by atomic mass is 10.1. The lowest BCUT2D eigenvalue weighted by Gasteiger charge is -2.15. The predicted octanol–water partition coefficient (Wildman–Crippen LogP) is 0.485. The summed E-state index contributed by atoms with van der Waals surface area (Å²) in [6, 6.07) is 0. The van der Waals surface area contributed by atoms with Gasteiger partial charge in [-0.15, -0.1) is 0 Å². The topological polar surface area (TPSA) is 76.2 Å². The summed E-state index contributed by atoms with van der Waals surface area (Å²) in [5.74, 6) is 5.97. The zero-order valence-corrected chi connectivity index (χ0v) is 8.65. The molecule has 0 fully saturated rings. The van der Waals surface area contributed by atoms with E-state index in [2.05, 4.69) is 20.4 Å². The van der Waals surface area contributed by atoms with Crippen LogP contribution in [0.3, 0.4) is 0 Å². The summed E-state index contributed by atoms with van der Waals surface area (Å²) in [6.07, 6.45) is 4.80. The number of nitrogens with one attached hydrogen (secondary N) is 1. The van der Waals surface area contributed by atoms with Crippen LogP contribution in [0, 0.1) is 0 Å². The summed E-state index contributed by atoms with van der Waals surface area (Å²) in [5, 5.41) is 0. The van der Waals surface area contributed by atoms with Crippen LogP contribution in [0.2, 0.25) is 0 Å². The molecule has 1 heterocycles. The van der Waals surface area contributed by atoms with E-state index in [0.29, 0.717) is 5.84 Å². The van der Waals surface area contributed by atoms with Gasteiger partial charge in [-0.05, 0) is 20.8 Å². The van der Waals surface area contributed by atoms with E-state index in [4.69, 9.17) is 5.84 Å². The van der Waals surface area contributed by atoms with Gasteiger partial charge in [0.15, 0.2) is 0 Å². The molecule has 0 saturated carbocycles. The molecule has 5 heteroatoms. The summed E-state index contributed by atoms with van der Waals surface area (Å²) in [6.45, 7) is 5.98. The third kappa shape index (κ3) is 3.10. The highest BCUT2D eigenvalue weighted by Crippen LogP contribution is 2.08. The minimum atomic E-state index is -0.183. The van der Waals surface area contributed by atoms with E-state index in [9.17, 15) is 0 Å². The maximum absolute atomic E-state index is 5.38. The molecule has 0 radical (unpaired) electrons. The van der Waals surface area contributed by atoms with Gasteiger partial charge in [0, 0.05) is 12.4 Å². The van der Waals surface area contributed by atoms with Crippen molar-refractivity contribution >= 4 is 5.84 Å². The molecule has 0 amide bonds. The molecule has 0 aromatic carbocycles. The van der Waals surface area contributed by atoms with Crippen LogP contribution < -0.4 is 11.3 Å². The van der Waals surface area contributed by atoms with Crippen molar-refractivity contribution < 1.29 is 0 Å². The van der Waals surface area contributed by atoms with Crippen LogP contribution in [-0.2, 0) is 0 Å². The fourth-order valence-corrected chi connectivity index (χ4v) is 0.937. The molecule has 0 saturated heterocycles. The monoisotopic (exact) mass is 193 g/mol. The standard InChI is InChI=1S/C9H15N5/c1-9(2,3)13-8(14-10)7-4-11-6-12-5-7/h4-6H,10H2,1-3H3,(H,13,14). The maximum Gasteiger partial charge on any atom is 0.146 e. The fraction of sp³-hybridized carbons (Fsp3) is 0.444. The number of aliphatic imine (C=N–C) groups is 1. The van der Waals surface area contributed by atoms with Crippen LogP contribution in [0.25, 0.3) is 0 Å². The first-order valence-electron chi connectivity index (χ1n) is 4.35. The lowest BCUT2D eigenvalue weighted by Crippen LogP contribution is -2.33. The van der Waals surface area contributed by atoms with Crippen molar-refractivity contribution in [3.63, 3.8) is 0 Å². The second-order valence-electron chi connectivity index (χ2n) is 3.90. The van der Waals surface area contributed by atoms with Gasteiger partial charge in [-0.25, -0.2) is 15.8 Å². The first-order chi connectivity index (χ1) is 6.53. The van der Waals surface area contributed by atoms with E-state index in [1.54, 1.807) is 12.4 Å². The first-order valence-corrected chi connectivity index (χ1v) is 4.35. The van der Waals surface area contributed by atoms with Gasteiger partial charge < -0.3 is 5.43 Å². The van der Waals surface area contributed by atoms with E-state index >= 15 is 0 Å². The number of aromatic nitrogens is 2. The predicted molar refractivity (Wildman–Crippen MR) is 55.6 cm³/mol. The Kier molecular flexibility index (Phi) is 3.14. The molecule has 1 rings (SSSR count). The first kappa shape index (κ1) is 10.6. The van der Waals surface area contributed by atoms with E-state index in [1.165, 1.54) is 6.33 Å². The summed E-state index contributed by atoms with van der Waals surface area (Å²) in [5.41, 5.74) is 3.14. The van der Waals surface area contributed by atoms with E-state index in [0.717, 1.165) is 5.56 Å². The van der Waals surface area contributed by atoms with Crippen LogP contribution in [0.4, 0.5) is 0 Å². The average molecular weight is 193 g/mol.